The molecule has 0 heterocycles. The van der Waals surface area contributed by atoms with Crippen molar-refractivity contribution in [1.29, 1.82) is 0 Å². The molecule has 1 amide bonds. The first-order valence-corrected chi connectivity index (χ1v) is 9.28. The Morgan fingerprint density at radius 3 is 2.67 bits per heavy atom. The molecule has 0 radical (unpaired) electrons. The quantitative estimate of drug-likeness (QED) is 0.748. The van der Waals surface area contributed by atoms with Crippen LogP contribution in [0.25, 0.3) is 0 Å². The second-order valence-electron chi connectivity index (χ2n) is 7.25. The average Bonchev–Trinajstić information content (AvgIpc) is 3.55. The van der Waals surface area contributed by atoms with Gasteiger partial charge in [-0.1, -0.05) is 30.3 Å². The molecule has 0 spiro atoms. The van der Waals surface area contributed by atoms with Gasteiger partial charge in [-0.25, -0.2) is 8.78 Å². The fourth-order valence-corrected chi connectivity index (χ4v) is 3.23. The van der Waals surface area contributed by atoms with Crippen LogP contribution < -0.4 is 15.4 Å². The van der Waals surface area contributed by atoms with Gasteiger partial charge in [0.2, 0.25) is 5.91 Å². The van der Waals surface area contributed by atoms with Crippen LogP contribution in [0.1, 0.15) is 36.3 Å². The molecule has 4 rings (SSSR count). The summed E-state index contributed by atoms with van der Waals surface area (Å²) in [6, 6.07) is 12.0. The van der Waals surface area contributed by atoms with E-state index in [2.05, 4.69) is 10.6 Å². The van der Waals surface area contributed by atoms with E-state index in [-0.39, 0.29) is 36.8 Å². The third kappa shape index (κ3) is 4.63. The van der Waals surface area contributed by atoms with Crippen LogP contribution in [0, 0.1) is 11.6 Å². The first-order valence-electron chi connectivity index (χ1n) is 9.28. The molecule has 2 atom stereocenters. The highest BCUT2D eigenvalue weighted by Gasteiger charge is 2.41. The van der Waals surface area contributed by atoms with Crippen LogP contribution >= 0.6 is 0 Å². The molecule has 2 unspecified atom stereocenters. The molecule has 2 N–H and O–H groups in total. The Labute approximate surface area is 156 Å². The standard InChI is InChI=1S/C21H22F2N2O2/c22-14-8-17(16-10-19(16)24-11-20(26)25-15-6-7-15)21(18(23)9-14)27-12-13-4-2-1-3-5-13/h1-5,8-9,15-16,19,24H,6-7,10-12H2,(H,25,26). The highest BCUT2D eigenvalue weighted by molar-refractivity contribution is 5.78. The number of rotatable bonds is 8. The van der Waals surface area contributed by atoms with Gasteiger partial charge in [-0.2, -0.15) is 0 Å². The lowest BCUT2D eigenvalue weighted by atomic mass is 10.1. The van der Waals surface area contributed by atoms with Crippen LogP contribution in [0.3, 0.4) is 0 Å². The molecule has 4 nitrogen and oxygen atoms in total. The second kappa shape index (κ2) is 7.64. The maximum absolute atomic E-state index is 14.3. The van der Waals surface area contributed by atoms with E-state index in [1.165, 1.54) is 6.07 Å². The summed E-state index contributed by atoms with van der Waals surface area (Å²) in [6.07, 6.45) is 2.81. The monoisotopic (exact) mass is 372 g/mol. The van der Waals surface area contributed by atoms with E-state index in [1.807, 2.05) is 30.3 Å². The molecule has 2 aliphatic carbocycles. The molecule has 2 aromatic rings. The van der Waals surface area contributed by atoms with Gasteiger partial charge in [0.15, 0.2) is 11.6 Å². The zero-order chi connectivity index (χ0) is 18.8. The van der Waals surface area contributed by atoms with Gasteiger partial charge >= 0.3 is 0 Å². The Morgan fingerprint density at radius 2 is 1.93 bits per heavy atom. The molecule has 2 aliphatic rings. The lowest BCUT2D eigenvalue weighted by Gasteiger charge is -2.13. The Kier molecular flexibility index (Phi) is 5.07. The van der Waals surface area contributed by atoms with E-state index >= 15 is 0 Å². The topological polar surface area (TPSA) is 50.4 Å². The third-order valence-corrected chi connectivity index (χ3v) is 4.92. The number of halogens is 2. The smallest absolute Gasteiger partial charge is 0.234 e. The third-order valence-electron chi connectivity index (χ3n) is 4.92. The lowest BCUT2D eigenvalue weighted by molar-refractivity contribution is -0.120. The molecule has 2 fully saturated rings. The van der Waals surface area contributed by atoms with Crippen molar-refractivity contribution in [2.24, 2.45) is 0 Å². The van der Waals surface area contributed by atoms with Crippen LogP contribution in [-0.2, 0) is 11.4 Å². The van der Waals surface area contributed by atoms with E-state index in [9.17, 15) is 13.6 Å². The summed E-state index contributed by atoms with van der Waals surface area (Å²) in [6.45, 7) is 0.431. The summed E-state index contributed by atoms with van der Waals surface area (Å²) in [7, 11) is 0. The molecule has 6 heteroatoms. The van der Waals surface area contributed by atoms with Crippen molar-refractivity contribution in [3.05, 3.63) is 65.2 Å². The average molecular weight is 372 g/mol. The molecule has 142 valence electrons. The van der Waals surface area contributed by atoms with Gasteiger partial charge in [0.1, 0.15) is 12.4 Å². The van der Waals surface area contributed by atoms with E-state index in [0.29, 0.717) is 11.6 Å². The molecule has 2 aromatic carbocycles. The zero-order valence-corrected chi connectivity index (χ0v) is 14.9. The predicted molar refractivity (Wildman–Crippen MR) is 97.4 cm³/mol. The van der Waals surface area contributed by atoms with Gasteiger partial charge in [0, 0.05) is 29.6 Å². The van der Waals surface area contributed by atoms with Crippen molar-refractivity contribution in [2.45, 2.75) is 43.9 Å². The van der Waals surface area contributed by atoms with Crippen molar-refractivity contribution in [2.75, 3.05) is 6.54 Å². The van der Waals surface area contributed by atoms with E-state index < -0.39 is 11.6 Å². The highest BCUT2D eigenvalue weighted by atomic mass is 19.1. The maximum atomic E-state index is 14.3. The summed E-state index contributed by atoms with van der Waals surface area (Å²) in [4.78, 5) is 11.8. The normalized spacial score (nSPS) is 21.0. The molecule has 0 saturated heterocycles. The van der Waals surface area contributed by atoms with Gasteiger partial charge in [0.25, 0.3) is 0 Å². The summed E-state index contributed by atoms with van der Waals surface area (Å²) in [5.74, 6) is -1.31. The Bertz CT molecular complexity index is 824. The Morgan fingerprint density at radius 1 is 1.15 bits per heavy atom. The zero-order valence-electron chi connectivity index (χ0n) is 14.9. The summed E-state index contributed by atoms with van der Waals surface area (Å²) in [5, 5.41) is 6.08. The highest BCUT2D eigenvalue weighted by Crippen LogP contribution is 2.46. The van der Waals surface area contributed by atoms with Crippen molar-refractivity contribution in [1.82, 2.24) is 10.6 Å². The van der Waals surface area contributed by atoms with E-state index in [0.717, 1.165) is 30.9 Å². The minimum absolute atomic E-state index is 0.0234. The number of benzene rings is 2. The number of hydrogen-bond acceptors (Lipinski definition) is 3. The van der Waals surface area contributed by atoms with Crippen molar-refractivity contribution in [3.63, 3.8) is 0 Å². The number of amides is 1. The fourth-order valence-electron chi connectivity index (χ4n) is 3.23. The van der Waals surface area contributed by atoms with Gasteiger partial charge in [-0.3, -0.25) is 4.79 Å². The van der Waals surface area contributed by atoms with E-state index in [4.69, 9.17) is 4.74 Å². The molecular formula is C21H22F2N2O2. The van der Waals surface area contributed by atoms with Gasteiger partial charge < -0.3 is 15.4 Å². The second-order valence-corrected chi connectivity index (χ2v) is 7.25. The number of carbonyl (C=O) groups is 1. The number of nitrogens with one attached hydrogen (secondary N) is 2. The minimum atomic E-state index is -0.696. The predicted octanol–water partition coefficient (Wildman–Crippen LogP) is 3.27. The van der Waals surface area contributed by atoms with Crippen LogP contribution in [-0.4, -0.2) is 24.5 Å². The molecule has 0 bridgehead atoms. The molecule has 0 aromatic heterocycles. The van der Waals surface area contributed by atoms with Crippen molar-refractivity contribution in [3.8, 4) is 5.75 Å². The van der Waals surface area contributed by atoms with Crippen LogP contribution in [0.15, 0.2) is 42.5 Å². The van der Waals surface area contributed by atoms with Gasteiger partial charge in [-0.15, -0.1) is 0 Å². The van der Waals surface area contributed by atoms with Crippen LogP contribution in [0.5, 0.6) is 5.75 Å². The molecule has 2 saturated carbocycles. The van der Waals surface area contributed by atoms with Crippen molar-refractivity contribution < 1.29 is 18.3 Å². The van der Waals surface area contributed by atoms with E-state index in [1.54, 1.807) is 0 Å². The van der Waals surface area contributed by atoms with Crippen molar-refractivity contribution >= 4 is 5.91 Å². The maximum Gasteiger partial charge on any atom is 0.234 e. The van der Waals surface area contributed by atoms with Gasteiger partial charge in [0.05, 0.1) is 6.54 Å². The first-order chi connectivity index (χ1) is 13.1. The molecule has 27 heavy (non-hydrogen) atoms. The lowest BCUT2D eigenvalue weighted by Crippen LogP contribution is -2.36. The van der Waals surface area contributed by atoms with Crippen LogP contribution in [0.4, 0.5) is 8.78 Å². The fraction of sp³-hybridized carbons (Fsp3) is 0.381. The molecule has 0 aliphatic heterocycles. The summed E-state index contributed by atoms with van der Waals surface area (Å²) < 4.78 is 33.8. The summed E-state index contributed by atoms with van der Waals surface area (Å²) >= 11 is 0. The Hall–Kier alpha value is -2.47. The summed E-state index contributed by atoms with van der Waals surface area (Å²) in [5.41, 5.74) is 1.43. The Balaban J connectivity index is 1.40. The largest absolute Gasteiger partial charge is 0.486 e. The minimum Gasteiger partial charge on any atom is -0.486 e. The van der Waals surface area contributed by atoms with Gasteiger partial charge in [-0.05, 0) is 30.9 Å². The first kappa shape index (κ1) is 17.9. The van der Waals surface area contributed by atoms with Crippen LogP contribution in [0.2, 0.25) is 0 Å². The number of ether oxygens (including phenoxy) is 1. The number of carbonyl (C=O) groups excluding carboxylic acids is 1. The number of hydrogen-bond donors (Lipinski definition) is 2. The SMILES string of the molecule is O=C(CNC1CC1c1cc(F)cc(F)c1OCc1ccccc1)NC1CC1. The molecular weight excluding hydrogens is 350 g/mol.